The highest BCUT2D eigenvalue weighted by molar-refractivity contribution is 6.33. The molecule has 0 saturated heterocycles. The number of hydrogen-bond acceptors (Lipinski definition) is 1. The van der Waals surface area contributed by atoms with Crippen molar-refractivity contribution in [2.45, 2.75) is 0 Å². The van der Waals surface area contributed by atoms with E-state index in [0.717, 1.165) is 33.1 Å². The van der Waals surface area contributed by atoms with Crippen molar-refractivity contribution in [2.24, 2.45) is 0 Å². The van der Waals surface area contributed by atoms with Gasteiger partial charge in [0.1, 0.15) is 11.2 Å². The molecular weight excluding hydrogens is 617 g/mol. The lowest BCUT2D eigenvalue weighted by atomic mass is 9.87. The van der Waals surface area contributed by atoms with Gasteiger partial charge in [-0.25, -0.2) is 0 Å². The van der Waals surface area contributed by atoms with E-state index in [1.165, 1.54) is 76.1 Å². The summed E-state index contributed by atoms with van der Waals surface area (Å²) >= 11 is 0. The van der Waals surface area contributed by atoms with Crippen LogP contribution in [0.5, 0.6) is 0 Å². The first kappa shape index (κ1) is 28.2. The Hall–Kier alpha value is -6.70. The zero-order valence-electron chi connectivity index (χ0n) is 27.7. The summed E-state index contributed by atoms with van der Waals surface area (Å²) in [6, 6.07) is 66.3. The van der Waals surface area contributed by atoms with Crippen molar-refractivity contribution in [3.8, 4) is 33.4 Å². The topological polar surface area (TPSA) is 13.1 Å². The minimum absolute atomic E-state index is 0.906. The van der Waals surface area contributed by atoms with Crippen LogP contribution < -0.4 is 0 Å². The molecule has 236 valence electrons. The van der Waals surface area contributed by atoms with Crippen LogP contribution in [-0.2, 0) is 0 Å². The summed E-state index contributed by atoms with van der Waals surface area (Å²) < 4.78 is 6.47. The van der Waals surface area contributed by atoms with Crippen molar-refractivity contribution in [1.82, 2.24) is 0 Å². The molecule has 0 bridgehead atoms. The third-order valence-electron chi connectivity index (χ3n) is 10.8. The molecule has 0 aliphatic rings. The van der Waals surface area contributed by atoms with Gasteiger partial charge in [0, 0.05) is 10.8 Å². The third-order valence-corrected chi connectivity index (χ3v) is 10.8. The summed E-state index contributed by atoms with van der Waals surface area (Å²) in [7, 11) is 0. The second-order valence-electron chi connectivity index (χ2n) is 13.7. The quantitative estimate of drug-likeness (QED) is 0.174. The van der Waals surface area contributed by atoms with Crippen LogP contribution in [0.15, 0.2) is 186 Å². The second-order valence-corrected chi connectivity index (χ2v) is 13.7. The third kappa shape index (κ3) is 4.35. The van der Waals surface area contributed by atoms with Gasteiger partial charge >= 0.3 is 0 Å². The standard InChI is InChI=1S/C50H30O/c1-2-10-31(11-3-1)34-22-24-42-43-25-23-35(29-49(43)51-48(42)28-34)33-20-18-32-19-21-36(27-37(32)26-33)46-30-47-40-14-5-4-12-38(40)39-13-6-8-16-44(39)50(47)45-17-9-7-15-41(45)46/h1-30H. The molecule has 0 N–H and O–H groups in total. The molecule has 0 fully saturated rings. The summed E-state index contributed by atoms with van der Waals surface area (Å²) in [5, 5.41) is 15.1. The van der Waals surface area contributed by atoms with Crippen LogP contribution >= 0.6 is 0 Å². The van der Waals surface area contributed by atoms with E-state index in [1.807, 2.05) is 6.07 Å². The fourth-order valence-electron chi connectivity index (χ4n) is 8.37. The number of rotatable bonds is 3. The van der Waals surface area contributed by atoms with Gasteiger partial charge in [0.25, 0.3) is 0 Å². The Kier molecular flexibility index (Phi) is 6.02. The molecule has 11 rings (SSSR count). The molecule has 10 aromatic carbocycles. The highest BCUT2D eigenvalue weighted by atomic mass is 16.3. The maximum Gasteiger partial charge on any atom is 0.136 e. The van der Waals surface area contributed by atoms with Gasteiger partial charge in [-0.3, -0.25) is 0 Å². The zero-order chi connectivity index (χ0) is 33.5. The minimum atomic E-state index is 0.906. The van der Waals surface area contributed by atoms with E-state index in [4.69, 9.17) is 4.42 Å². The summed E-state index contributed by atoms with van der Waals surface area (Å²) in [6.07, 6.45) is 0. The molecule has 1 heterocycles. The van der Waals surface area contributed by atoms with Gasteiger partial charge < -0.3 is 4.42 Å². The lowest BCUT2D eigenvalue weighted by Crippen LogP contribution is -1.89. The van der Waals surface area contributed by atoms with E-state index in [2.05, 4.69) is 176 Å². The van der Waals surface area contributed by atoms with E-state index >= 15 is 0 Å². The van der Waals surface area contributed by atoms with E-state index in [9.17, 15) is 0 Å². The maximum absolute atomic E-state index is 6.47. The van der Waals surface area contributed by atoms with Crippen LogP contribution in [0.3, 0.4) is 0 Å². The van der Waals surface area contributed by atoms with Gasteiger partial charge in [-0.15, -0.1) is 0 Å². The molecule has 11 aromatic rings. The smallest absolute Gasteiger partial charge is 0.136 e. The van der Waals surface area contributed by atoms with Crippen LogP contribution in [0, 0.1) is 0 Å². The highest BCUT2D eigenvalue weighted by Gasteiger charge is 2.16. The molecule has 1 heteroatoms. The molecular formula is C50H30O. The number of hydrogen-bond donors (Lipinski definition) is 0. The second kappa shape index (κ2) is 10.9. The molecule has 0 aliphatic heterocycles. The molecule has 0 unspecified atom stereocenters. The van der Waals surface area contributed by atoms with Crippen molar-refractivity contribution >= 4 is 75.8 Å². The van der Waals surface area contributed by atoms with Crippen molar-refractivity contribution < 1.29 is 4.42 Å². The van der Waals surface area contributed by atoms with Crippen LogP contribution in [0.1, 0.15) is 0 Å². The molecule has 0 spiro atoms. The first-order valence-electron chi connectivity index (χ1n) is 17.6. The van der Waals surface area contributed by atoms with Gasteiger partial charge in [-0.05, 0) is 130 Å². The van der Waals surface area contributed by atoms with Crippen LogP contribution in [0.2, 0.25) is 0 Å². The van der Waals surface area contributed by atoms with E-state index in [1.54, 1.807) is 0 Å². The normalized spacial score (nSPS) is 11.9. The molecule has 0 amide bonds. The Morgan fingerprint density at radius 2 is 0.725 bits per heavy atom. The molecule has 0 saturated carbocycles. The Bertz CT molecular complexity index is 3180. The Morgan fingerprint density at radius 3 is 1.41 bits per heavy atom. The van der Waals surface area contributed by atoms with E-state index in [-0.39, 0.29) is 0 Å². The first-order valence-corrected chi connectivity index (χ1v) is 17.6. The molecule has 0 aliphatic carbocycles. The highest BCUT2D eigenvalue weighted by Crippen LogP contribution is 2.43. The summed E-state index contributed by atoms with van der Waals surface area (Å²) in [5.41, 5.74) is 8.96. The lowest BCUT2D eigenvalue weighted by molar-refractivity contribution is 0.669. The van der Waals surface area contributed by atoms with Gasteiger partial charge in [-0.2, -0.15) is 0 Å². The average molecular weight is 647 g/mol. The number of benzene rings is 10. The first-order chi connectivity index (χ1) is 25.3. The largest absolute Gasteiger partial charge is 0.456 e. The Morgan fingerprint density at radius 1 is 0.255 bits per heavy atom. The van der Waals surface area contributed by atoms with Crippen LogP contribution in [-0.4, -0.2) is 0 Å². The van der Waals surface area contributed by atoms with E-state index < -0.39 is 0 Å². The molecule has 0 atom stereocenters. The van der Waals surface area contributed by atoms with Crippen molar-refractivity contribution in [2.75, 3.05) is 0 Å². The van der Waals surface area contributed by atoms with Crippen LogP contribution in [0.4, 0.5) is 0 Å². The zero-order valence-corrected chi connectivity index (χ0v) is 27.7. The fraction of sp³-hybridized carbons (Fsp3) is 0. The maximum atomic E-state index is 6.47. The van der Waals surface area contributed by atoms with Crippen molar-refractivity contribution in [3.63, 3.8) is 0 Å². The predicted octanol–water partition coefficient (Wildman–Crippen LogP) is 14.4. The van der Waals surface area contributed by atoms with Gasteiger partial charge in [-0.1, -0.05) is 140 Å². The van der Waals surface area contributed by atoms with E-state index in [0.29, 0.717) is 0 Å². The minimum Gasteiger partial charge on any atom is -0.456 e. The average Bonchev–Trinajstić information content (AvgIpc) is 3.57. The fourth-order valence-corrected chi connectivity index (χ4v) is 8.37. The summed E-state index contributed by atoms with van der Waals surface area (Å²) in [5.74, 6) is 0. The van der Waals surface area contributed by atoms with Crippen LogP contribution in [0.25, 0.3) is 109 Å². The molecule has 1 aromatic heterocycles. The summed E-state index contributed by atoms with van der Waals surface area (Å²) in [6.45, 7) is 0. The Balaban J connectivity index is 1.06. The lowest BCUT2D eigenvalue weighted by Gasteiger charge is -2.16. The summed E-state index contributed by atoms with van der Waals surface area (Å²) in [4.78, 5) is 0. The van der Waals surface area contributed by atoms with Gasteiger partial charge in [0.05, 0.1) is 0 Å². The Labute approximate surface area is 294 Å². The molecule has 1 nitrogen and oxygen atoms in total. The molecule has 0 radical (unpaired) electrons. The number of fused-ring (bicyclic) bond motifs is 12. The molecule has 51 heavy (non-hydrogen) atoms. The van der Waals surface area contributed by atoms with Gasteiger partial charge in [0.15, 0.2) is 0 Å². The van der Waals surface area contributed by atoms with Gasteiger partial charge in [0.2, 0.25) is 0 Å². The number of furan rings is 1. The predicted molar refractivity (Wildman–Crippen MR) is 218 cm³/mol. The van der Waals surface area contributed by atoms with Crippen molar-refractivity contribution in [3.05, 3.63) is 182 Å². The monoisotopic (exact) mass is 646 g/mol. The SMILES string of the molecule is c1ccc(-c2ccc3c(c2)oc2cc(-c4ccc5ccc(-c6cc7c8ccccc8c8ccccc8c7c7ccccc67)cc5c4)ccc23)cc1. The van der Waals surface area contributed by atoms with Crippen molar-refractivity contribution in [1.29, 1.82) is 0 Å².